The summed E-state index contributed by atoms with van der Waals surface area (Å²) in [5.74, 6) is 0.715. The van der Waals surface area contributed by atoms with Gasteiger partial charge in [-0.2, -0.15) is 0 Å². The van der Waals surface area contributed by atoms with Crippen LogP contribution >= 0.6 is 22.6 Å². The Morgan fingerprint density at radius 3 is 2.69 bits per heavy atom. The number of hydrogen-bond donors (Lipinski definition) is 0. The van der Waals surface area contributed by atoms with Crippen LogP contribution < -0.4 is 0 Å². The van der Waals surface area contributed by atoms with Crippen molar-refractivity contribution in [1.29, 1.82) is 0 Å². The molecule has 0 spiro atoms. The first-order valence-electron chi connectivity index (χ1n) is 4.56. The number of aldehydes is 1. The fourth-order valence-corrected chi connectivity index (χ4v) is 2.62. The number of halogens is 1. The van der Waals surface area contributed by atoms with Crippen LogP contribution in [0.5, 0.6) is 0 Å². The van der Waals surface area contributed by atoms with E-state index in [4.69, 9.17) is 0 Å². The van der Waals surface area contributed by atoms with Crippen LogP contribution in [0.25, 0.3) is 0 Å². The fourth-order valence-electron chi connectivity index (χ4n) is 1.69. The Bertz CT molecular complexity index is 329. The lowest BCUT2D eigenvalue weighted by Crippen LogP contribution is -2.11. The number of hydrogen-bond acceptors (Lipinski definition) is 1. The van der Waals surface area contributed by atoms with Gasteiger partial charge in [-0.3, -0.25) is 4.79 Å². The van der Waals surface area contributed by atoms with Crippen molar-refractivity contribution in [3.8, 4) is 0 Å². The minimum Gasteiger partial charge on any atom is -0.298 e. The third-order valence-electron chi connectivity index (χ3n) is 2.73. The standard InChI is InChI=1S/C11H11IO/c12-11-9(7-13)5-2-6-10(11)8-3-1-4-8/h2,5-8H,1,3-4H2. The van der Waals surface area contributed by atoms with E-state index in [-0.39, 0.29) is 0 Å². The van der Waals surface area contributed by atoms with Crippen LogP contribution in [0.15, 0.2) is 18.2 Å². The maximum absolute atomic E-state index is 10.7. The molecule has 0 bridgehead atoms. The van der Waals surface area contributed by atoms with Crippen molar-refractivity contribution in [2.45, 2.75) is 25.2 Å². The molecule has 1 aromatic carbocycles. The van der Waals surface area contributed by atoms with Crippen molar-refractivity contribution in [2.75, 3.05) is 0 Å². The highest BCUT2D eigenvalue weighted by atomic mass is 127. The third kappa shape index (κ3) is 1.64. The van der Waals surface area contributed by atoms with Gasteiger partial charge in [0.15, 0.2) is 6.29 Å². The number of carbonyl (C=O) groups is 1. The van der Waals surface area contributed by atoms with Crippen LogP contribution in [-0.4, -0.2) is 6.29 Å². The van der Waals surface area contributed by atoms with Gasteiger partial charge in [-0.15, -0.1) is 0 Å². The largest absolute Gasteiger partial charge is 0.298 e. The highest BCUT2D eigenvalue weighted by Crippen LogP contribution is 2.38. The summed E-state index contributed by atoms with van der Waals surface area (Å²) in [6.45, 7) is 0. The highest BCUT2D eigenvalue weighted by Gasteiger charge is 2.22. The Balaban J connectivity index is 2.39. The maximum Gasteiger partial charge on any atom is 0.151 e. The molecule has 1 aromatic rings. The summed E-state index contributed by atoms with van der Waals surface area (Å²) in [6, 6.07) is 6.02. The Kier molecular flexibility index (Phi) is 2.67. The van der Waals surface area contributed by atoms with Crippen LogP contribution in [0.3, 0.4) is 0 Å². The van der Waals surface area contributed by atoms with Gasteiger partial charge < -0.3 is 0 Å². The number of carbonyl (C=O) groups excluding carboxylic acids is 1. The van der Waals surface area contributed by atoms with E-state index in [1.165, 1.54) is 24.8 Å². The topological polar surface area (TPSA) is 17.1 Å². The predicted octanol–water partition coefficient (Wildman–Crippen LogP) is 3.37. The van der Waals surface area contributed by atoms with E-state index in [1.807, 2.05) is 12.1 Å². The molecule has 1 aliphatic carbocycles. The van der Waals surface area contributed by atoms with E-state index >= 15 is 0 Å². The second-order valence-electron chi connectivity index (χ2n) is 3.50. The van der Waals surface area contributed by atoms with Gasteiger partial charge in [0.2, 0.25) is 0 Å². The molecule has 0 aromatic heterocycles. The van der Waals surface area contributed by atoms with Crippen LogP contribution in [-0.2, 0) is 0 Å². The molecule has 0 N–H and O–H groups in total. The summed E-state index contributed by atoms with van der Waals surface area (Å²) in [5, 5.41) is 0. The number of benzene rings is 1. The molecule has 2 heteroatoms. The first-order valence-corrected chi connectivity index (χ1v) is 5.64. The van der Waals surface area contributed by atoms with Crippen molar-refractivity contribution >= 4 is 28.9 Å². The average Bonchev–Trinajstić information content (AvgIpc) is 2.05. The summed E-state index contributed by atoms with van der Waals surface area (Å²) in [4.78, 5) is 10.7. The molecule has 0 saturated heterocycles. The van der Waals surface area contributed by atoms with Gasteiger partial charge in [-0.05, 0) is 46.9 Å². The van der Waals surface area contributed by atoms with E-state index in [1.54, 1.807) is 0 Å². The van der Waals surface area contributed by atoms with Crippen molar-refractivity contribution in [2.24, 2.45) is 0 Å². The summed E-state index contributed by atoms with van der Waals surface area (Å²) < 4.78 is 1.15. The fraction of sp³-hybridized carbons (Fsp3) is 0.364. The molecule has 68 valence electrons. The van der Waals surface area contributed by atoms with Crippen LogP contribution in [0.1, 0.15) is 41.1 Å². The monoisotopic (exact) mass is 286 g/mol. The van der Waals surface area contributed by atoms with Crippen LogP contribution in [0, 0.1) is 3.57 Å². The Labute approximate surface area is 91.7 Å². The first kappa shape index (κ1) is 9.19. The smallest absolute Gasteiger partial charge is 0.151 e. The highest BCUT2D eigenvalue weighted by molar-refractivity contribution is 14.1. The molecule has 2 rings (SSSR count). The average molecular weight is 286 g/mol. The molecule has 1 fully saturated rings. The molecule has 1 nitrogen and oxygen atoms in total. The Hall–Kier alpha value is -0.380. The van der Waals surface area contributed by atoms with Gasteiger partial charge in [-0.1, -0.05) is 24.6 Å². The normalized spacial score (nSPS) is 16.7. The molecule has 0 atom stereocenters. The summed E-state index contributed by atoms with van der Waals surface area (Å²) >= 11 is 2.28. The van der Waals surface area contributed by atoms with E-state index < -0.39 is 0 Å². The molecule has 1 aliphatic rings. The van der Waals surface area contributed by atoms with Gasteiger partial charge in [0.1, 0.15) is 0 Å². The zero-order valence-corrected chi connectivity index (χ0v) is 9.45. The van der Waals surface area contributed by atoms with Gasteiger partial charge in [0, 0.05) is 9.13 Å². The number of rotatable bonds is 2. The summed E-state index contributed by atoms with van der Waals surface area (Å²) in [5.41, 5.74) is 2.21. The lowest BCUT2D eigenvalue weighted by molar-refractivity contribution is 0.112. The summed E-state index contributed by atoms with van der Waals surface area (Å²) in [7, 11) is 0. The first-order chi connectivity index (χ1) is 6.33. The second kappa shape index (κ2) is 3.78. The molecule has 0 amide bonds. The second-order valence-corrected chi connectivity index (χ2v) is 4.57. The molecule has 0 unspecified atom stereocenters. The van der Waals surface area contributed by atoms with Crippen molar-refractivity contribution < 1.29 is 4.79 Å². The quantitative estimate of drug-likeness (QED) is 0.601. The molecule has 13 heavy (non-hydrogen) atoms. The molecule has 1 saturated carbocycles. The van der Waals surface area contributed by atoms with Crippen molar-refractivity contribution in [3.63, 3.8) is 0 Å². The van der Waals surface area contributed by atoms with E-state index in [9.17, 15) is 4.79 Å². The van der Waals surface area contributed by atoms with Crippen molar-refractivity contribution in [1.82, 2.24) is 0 Å². The van der Waals surface area contributed by atoms with Gasteiger partial charge >= 0.3 is 0 Å². The van der Waals surface area contributed by atoms with Gasteiger partial charge in [0.25, 0.3) is 0 Å². The Morgan fingerprint density at radius 2 is 2.15 bits per heavy atom. The molecule has 0 heterocycles. The van der Waals surface area contributed by atoms with E-state index in [0.717, 1.165) is 15.4 Å². The lowest BCUT2D eigenvalue weighted by Gasteiger charge is -2.27. The van der Waals surface area contributed by atoms with Gasteiger partial charge in [-0.25, -0.2) is 0 Å². The van der Waals surface area contributed by atoms with Crippen LogP contribution in [0.4, 0.5) is 0 Å². The molecular weight excluding hydrogens is 275 g/mol. The molecule has 0 radical (unpaired) electrons. The lowest BCUT2D eigenvalue weighted by atomic mass is 9.80. The minimum absolute atomic E-state index is 0.715. The SMILES string of the molecule is O=Cc1cccc(C2CCC2)c1I. The van der Waals surface area contributed by atoms with E-state index in [2.05, 4.69) is 28.7 Å². The minimum atomic E-state index is 0.715. The maximum atomic E-state index is 10.7. The zero-order valence-electron chi connectivity index (χ0n) is 7.29. The van der Waals surface area contributed by atoms with Crippen molar-refractivity contribution in [3.05, 3.63) is 32.9 Å². The molecular formula is C11H11IO. The zero-order chi connectivity index (χ0) is 9.26. The van der Waals surface area contributed by atoms with Gasteiger partial charge in [0.05, 0.1) is 0 Å². The summed E-state index contributed by atoms with van der Waals surface area (Å²) in [6.07, 6.45) is 4.87. The van der Waals surface area contributed by atoms with E-state index in [0.29, 0.717) is 5.92 Å². The third-order valence-corrected chi connectivity index (χ3v) is 3.98. The Morgan fingerprint density at radius 1 is 1.38 bits per heavy atom. The molecule has 0 aliphatic heterocycles. The predicted molar refractivity (Wildman–Crippen MR) is 61.1 cm³/mol. The van der Waals surface area contributed by atoms with Crippen LogP contribution in [0.2, 0.25) is 0 Å².